The predicted octanol–water partition coefficient (Wildman–Crippen LogP) is 4.18. The van der Waals surface area contributed by atoms with E-state index < -0.39 is 0 Å². The molecule has 0 bridgehead atoms. The summed E-state index contributed by atoms with van der Waals surface area (Å²) in [6.45, 7) is 2.51. The molecule has 0 radical (unpaired) electrons. The van der Waals surface area contributed by atoms with Crippen molar-refractivity contribution in [2.75, 3.05) is 0 Å². The van der Waals surface area contributed by atoms with Crippen LogP contribution < -0.4 is 0 Å². The summed E-state index contributed by atoms with van der Waals surface area (Å²) >= 11 is 7.26. The molecule has 0 aliphatic heterocycles. The Balaban J connectivity index is 1.75. The van der Waals surface area contributed by atoms with Crippen molar-refractivity contribution in [3.63, 3.8) is 0 Å². The van der Waals surface area contributed by atoms with Crippen LogP contribution >= 0.6 is 22.9 Å². The van der Waals surface area contributed by atoms with Crippen molar-refractivity contribution in [2.24, 2.45) is 5.92 Å². The first-order chi connectivity index (χ1) is 10.6. The summed E-state index contributed by atoms with van der Waals surface area (Å²) in [6.07, 6.45) is 5.27. The maximum absolute atomic E-state index is 12.5. The van der Waals surface area contributed by atoms with Gasteiger partial charge in [0.1, 0.15) is 0 Å². The number of carbonyl (C=O) groups excluding carboxylic acids is 1. The molecule has 0 spiro atoms. The zero-order chi connectivity index (χ0) is 15.5. The molecule has 0 aliphatic carbocycles. The van der Waals surface area contributed by atoms with Crippen LogP contribution in [0.1, 0.15) is 16.7 Å². The van der Waals surface area contributed by atoms with Crippen molar-refractivity contribution >= 4 is 28.7 Å². The van der Waals surface area contributed by atoms with Crippen molar-refractivity contribution in [2.45, 2.75) is 13.5 Å². The molecule has 22 heavy (non-hydrogen) atoms. The molecule has 0 amide bonds. The Morgan fingerprint density at radius 2 is 2.14 bits per heavy atom. The minimum Gasteiger partial charge on any atom is -0.337 e. The molecule has 4 nitrogen and oxygen atoms in total. The van der Waals surface area contributed by atoms with E-state index in [4.69, 9.17) is 11.6 Å². The molecule has 1 atom stereocenters. The van der Waals surface area contributed by atoms with E-state index in [2.05, 4.69) is 9.97 Å². The fraction of sp³-hybridized carbons (Fsp3) is 0.188. The van der Waals surface area contributed by atoms with Crippen LogP contribution in [0.25, 0.3) is 11.3 Å². The van der Waals surface area contributed by atoms with Gasteiger partial charge in [-0.2, -0.15) is 0 Å². The number of thiazole rings is 1. The standard InChI is InChI=1S/C16H14ClN3OS/c1-11(8-20-7-6-18-10-20)15(21)16-19-14(9-22-16)12-2-4-13(17)5-3-12/h2-7,9-11H,8H2,1H3. The quantitative estimate of drug-likeness (QED) is 0.659. The SMILES string of the molecule is CC(Cn1ccnc1)C(=O)c1nc(-c2ccc(Cl)cc2)cs1. The van der Waals surface area contributed by atoms with Gasteiger partial charge in [0.2, 0.25) is 0 Å². The summed E-state index contributed by atoms with van der Waals surface area (Å²) in [7, 11) is 0. The van der Waals surface area contributed by atoms with Gasteiger partial charge in [0.05, 0.1) is 12.0 Å². The first kappa shape index (κ1) is 14.9. The molecule has 112 valence electrons. The normalized spacial score (nSPS) is 12.3. The van der Waals surface area contributed by atoms with Gasteiger partial charge >= 0.3 is 0 Å². The average Bonchev–Trinajstić information content (AvgIpc) is 3.18. The zero-order valence-corrected chi connectivity index (χ0v) is 13.5. The molecule has 6 heteroatoms. The highest BCUT2D eigenvalue weighted by Crippen LogP contribution is 2.25. The number of aromatic nitrogens is 3. The van der Waals surface area contributed by atoms with Crippen LogP contribution in [0.5, 0.6) is 0 Å². The first-order valence-electron chi connectivity index (χ1n) is 6.85. The maximum Gasteiger partial charge on any atom is 0.195 e. The lowest BCUT2D eigenvalue weighted by molar-refractivity contribution is 0.0918. The largest absolute Gasteiger partial charge is 0.337 e. The van der Waals surface area contributed by atoms with Gasteiger partial charge in [0, 0.05) is 40.8 Å². The number of hydrogen-bond donors (Lipinski definition) is 0. The van der Waals surface area contributed by atoms with Gasteiger partial charge in [-0.1, -0.05) is 30.7 Å². The van der Waals surface area contributed by atoms with E-state index in [1.54, 1.807) is 12.5 Å². The van der Waals surface area contributed by atoms with Crippen LogP contribution in [0.3, 0.4) is 0 Å². The van der Waals surface area contributed by atoms with Crippen LogP contribution in [0, 0.1) is 5.92 Å². The number of carbonyl (C=O) groups is 1. The van der Waals surface area contributed by atoms with Crippen molar-refractivity contribution in [1.29, 1.82) is 0 Å². The van der Waals surface area contributed by atoms with E-state index in [0.29, 0.717) is 16.6 Å². The summed E-state index contributed by atoms with van der Waals surface area (Å²) < 4.78 is 1.90. The third-order valence-corrected chi connectivity index (χ3v) is 4.46. The van der Waals surface area contributed by atoms with E-state index in [1.807, 2.05) is 47.3 Å². The molecule has 0 saturated carbocycles. The smallest absolute Gasteiger partial charge is 0.195 e. The van der Waals surface area contributed by atoms with Crippen LogP contribution in [0.2, 0.25) is 5.02 Å². The summed E-state index contributed by atoms with van der Waals surface area (Å²) in [4.78, 5) is 20.9. The number of ketones is 1. The highest BCUT2D eigenvalue weighted by molar-refractivity contribution is 7.12. The van der Waals surface area contributed by atoms with Crippen LogP contribution in [0.4, 0.5) is 0 Å². The molecule has 1 aromatic carbocycles. The van der Waals surface area contributed by atoms with Crippen molar-refractivity contribution < 1.29 is 4.79 Å². The molecular weight excluding hydrogens is 318 g/mol. The van der Waals surface area contributed by atoms with Crippen molar-refractivity contribution in [1.82, 2.24) is 14.5 Å². The number of halogens is 1. The van der Waals surface area contributed by atoms with Crippen LogP contribution in [-0.4, -0.2) is 20.3 Å². The highest BCUT2D eigenvalue weighted by atomic mass is 35.5. The molecule has 2 heterocycles. The maximum atomic E-state index is 12.5. The summed E-state index contributed by atoms with van der Waals surface area (Å²) in [5.41, 5.74) is 1.77. The minimum absolute atomic E-state index is 0.0545. The van der Waals surface area contributed by atoms with Crippen LogP contribution in [-0.2, 0) is 6.54 Å². The third kappa shape index (κ3) is 3.26. The highest BCUT2D eigenvalue weighted by Gasteiger charge is 2.19. The van der Waals surface area contributed by atoms with E-state index in [-0.39, 0.29) is 11.7 Å². The zero-order valence-electron chi connectivity index (χ0n) is 11.9. The lowest BCUT2D eigenvalue weighted by atomic mass is 10.1. The monoisotopic (exact) mass is 331 g/mol. The topological polar surface area (TPSA) is 47.8 Å². The number of Topliss-reactive ketones (excluding diaryl/α,β-unsaturated/α-hetero) is 1. The number of nitrogens with zero attached hydrogens (tertiary/aromatic N) is 3. The number of hydrogen-bond acceptors (Lipinski definition) is 4. The first-order valence-corrected chi connectivity index (χ1v) is 8.10. The molecule has 0 N–H and O–H groups in total. The van der Waals surface area contributed by atoms with Gasteiger partial charge in [0.25, 0.3) is 0 Å². The fourth-order valence-electron chi connectivity index (χ4n) is 2.14. The van der Waals surface area contributed by atoms with E-state index >= 15 is 0 Å². The van der Waals surface area contributed by atoms with E-state index in [1.165, 1.54) is 11.3 Å². The Morgan fingerprint density at radius 1 is 1.36 bits per heavy atom. The van der Waals surface area contributed by atoms with Gasteiger partial charge in [-0.25, -0.2) is 9.97 Å². The van der Waals surface area contributed by atoms with Gasteiger partial charge in [0.15, 0.2) is 10.8 Å². The van der Waals surface area contributed by atoms with Crippen molar-refractivity contribution in [3.8, 4) is 11.3 Å². The number of benzene rings is 1. The summed E-state index contributed by atoms with van der Waals surface area (Å²) in [6, 6.07) is 7.44. The second kappa shape index (κ2) is 6.42. The molecular formula is C16H14ClN3OS. The average molecular weight is 332 g/mol. The number of imidazole rings is 1. The molecule has 3 aromatic rings. The lowest BCUT2D eigenvalue weighted by Gasteiger charge is -2.08. The Bertz CT molecular complexity index is 765. The molecule has 0 fully saturated rings. The Morgan fingerprint density at radius 3 is 2.82 bits per heavy atom. The summed E-state index contributed by atoms with van der Waals surface area (Å²) in [5, 5.41) is 3.13. The minimum atomic E-state index is -0.140. The van der Waals surface area contributed by atoms with Gasteiger partial charge in [-0.05, 0) is 12.1 Å². The predicted molar refractivity (Wildman–Crippen MR) is 88.3 cm³/mol. The van der Waals surface area contributed by atoms with Gasteiger partial charge in [-0.3, -0.25) is 4.79 Å². The summed E-state index contributed by atoms with van der Waals surface area (Å²) in [5.74, 6) is -0.0858. The molecule has 0 aliphatic rings. The molecule has 1 unspecified atom stereocenters. The van der Waals surface area contributed by atoms with Crippen LogP contribution in [0.15, 0.2) is 48.4 Å². The van der Waals surface area contributed by atoms with Gasteiger partial charge < -0.3 is 4.57 Å². The third-order valence-electron chi connectivity index (χ3n) is 3.35. The molecule has 3 rings (SSSR count). The van der Waals surface area contributed by atoms with Gasteiger partial charge in [-0.15, -0.1) is 11.3 Å². The molecule has 0 saturated heterocycles. The molecule has 2 aromatic heterocycles. The van der Waals surface area contributed by atoms with E-state index in [0.717, 1.165) is 11.3 Å². The fourth-order valence-corrected chi connectivity index (χ4v) is 3.15. The second-order valence-corrected chi connectivity index (χ2v) is 6.36. The van der Waals surface area contributed by atoms with Crippen molar-refractivity contribution in [3.05, 3.63) is 58.4 Å². The number of rotatable bonds is 5. The Kier molecular flexibility index (Phi) is 4.36. The Labute approximate surface area is 137 Å². The van der Waals surface area contributed by atoms with E-state index in [9.17, 15) is 4.79 Å². The Hall–Kier alpha value is -1.98. The lowest BCUT2D eigenvalue weighted by Crippen LogP contribution is -2.16. The second-order valence-electron chi connectivity index (χ2n) is 5.07.